The van der Waals surface area contributed by atoms with Gasteiger partial charge in [-0.3, -0.25) is 9.69 Å². The Hall–Kier alpha value is -1.27. The molecule has 2 aliphatic heterocycles. The van der Waals surface area contributed by atoms with Gasteiger partial charge in [0, 0.05) is 24.1 Å². The second kappa shape index (κ2) is 5.13. The lowest BCUT2D eigenvalue weighted by Gasteiger charge is -2.23. The van der Waals surface area contributed by atoms with Gasteiger partial charge >= 0.3 is 5.97 Å². The van der Waals surface area contributed by atoms with E-state index in [4.69, 9.17) is 9.47 Å². The van der Waals surface area contributed by atoms with Crippen LogP contribution in [0.4, 0.5) is 0 Å². The monoisotopic (exact) mass is 367 g/mol. The van der Waals surface area contributed by atoms with Crippen LogP contribution < -0.4 is 9.47 Å². The molecular formula is C16H18BrNO4. The zero-order valence-corrected chi connectivity index (χ0v) is 13.8. The average molecular weight is 368 g/mol. The van der Waals surface area contributed by atoms with Crippen molar-refractivity contribution >= 4 is 21.9 Å². The third kappa shape index (κ3) is 2.12. The van der Waals surface area contributed by atoms with E-state index in [9.17, 15) is 9.90 Å². The molecule has 4 rings (SSSR count). The smallest absolute Gasteiger partial charge is 0.311 e. The number of carboxylic acids is 1. The normalized spacial score (nSPS) is 29.8. The Labute approximate surface area is 137 Å². The number of carboxylic acid groups (broad SMARTS) is 1. The summed E-state index contributed by atoms with van der Waals surface area (Å²) in [6.07, 6.45) is 2.88. The van der Waals surface area contributed by atoms with Gasteiger partial charge in [-0.15, -0.1) is 0 Å². The fraction of sp³-hybridized carbons (Fsp3) is 0.562. The molecule has 0 radical (unpaired) electrons. The van der Waals surface area contributed by atoms with Crippen LogP contribution in [0.1, 0.15) is 24.8 Å². The molecule has 0 aromatic heterocycles. The maximum Gasteiger partial charge on any atom is 0.311 e. The molecule has 5 nitrogen and oxygen atoms in total. The highest BCUT2D eigenvalue weighted by Crippen LogP contribution is 2.49. The number of benzene rings is 1. The van der Waals surface area contributed by atoms with E-state index in [0.717, 1.165) is 53.9 Å². The van der Waals surface area contributed by atoms with Gasteiger partial charge in [-0.2, -0.15) is 0 Å². The van der Waals surface area contributed by atoms with Crippen LogP contribution in [0.2, 0.25) is 0 Å². The van der Waals surface area contributed by atoms with Gasteiger partial charge < -0.3 is 14.6 Å². The van der Waals surface area contributed by atoms with E-state index >= 15 is 0 Å². The highest BCUT2D eigenvalue weighted by molar-refractivity contribution is 9.10. The third-order valence-electron chi connectivity index (χ3n) is 5.30. The van der Waals surface area contributed by atoms with E-state index in [2.05, 4.69) is 20.8 Å². The average Bonchev–Trinajstić information content (AvgIpc) is 3.12. The Bertz CT molecular complexity index is 635. The summed E-state index contributed by atoms with van der Waals surface area (Å²) in [6.45, 7) is 2.52. The van der Waals surface area contributed by atoms with Crippen molar-refractivity contribution in [3.05, 3.63) is 22.2 Å². The lowest BCUT2D eigenvalue weighted by atomic mass is 9.81. The summed E-state index contributed by atoms with van der Waals surface area (Å²) in [5, 5.41) is 9.67. The minimum Gasteiger partial charge on any atom is -0.481 e. The van der Waals surface area contributed by atoms with E-state index in [1.54, 1.807) is 0 Å². The Balaban J connectivity index is 1.55. The first-order chi connectivity index (χ1) is 10.6. The largest absolute Gasteiger partial charge is 0.481 e. The molecule has 2 atom stereocenters. The van der Waals surface area contributed by atoms with Crippen LogP contribution >= 0.6 is 15.9 Å². The first-order valence-electron chi connectivity index (χ1n) is 7.62. The lowest BCUT2D eigenvalue weighted by Crippen LogP contribution is -2.35. The van der Waals surface area contributed by atoms with E-state index < -0.39 is 11.4 Å². The van der Waals surface area contributed by atoms with Crippen molar-refractivity contribution in [2.45, 2.75) is 25.8 Å². The SMILES string of the molecule is O=C(O)[C@@]12CCC[C@H]1CN(Cc1cc3c(cc1Br)OCO3)C2. The molecule has 22 heavy (non-hydrogen) atoms. The molecule has 1 aromatic rings. The number of carbonyl (C=O) groups is 1. The third-order valence-corrected chi connectivity index (χ3v) is 6.04. The van der Waals surface area contributed by atoms with Crippen LogP contribution in [0.3, 0.4) is 0 Å². The van der Waals surface area contributed by atoms with Gasteiger partial charge in [0.05, 0.1) is 5.41 Å². The molecule has 1 saturated heterocycles. The fourth-order valence-corrected chi connectivity index (χ4v) is 4.63. The molecule has 0 unspecified atom stereocenters. The van der Waals surface area contributed by atoms with Crippen molar-refractivity contribution in [2.24, 2.45) is 11.3 Å². The van der Waals surface area contributed by atoms with Gasteiger partial charge in [0.1, 0.15) is 0 Å². The summed E-state index contributed by atoms with van der Waals surface area (Å²) in [6, 6.07) is 3.93. The van der Waals surface area contributed by atoms with Crippen molar-refractivity contribution in [1.29, 1.82) is 0 Å². The Kier molecular flexibility index (Phi) is 3.34. The predicted octanol–water partition coefficient (Wildman–Crippen LogP) is 2.86. The lowest BCUT2D eigenvalue weighted by molar-refractivity contribution is -0.149. The minimum atomic E-state index is -0.623. The van der Waals surface area contributed by atoms with Crippen LogP contribution in [0.25, 0.3) is 0 Å². The molecule has 1 aliphatic carbocycles. The summed E-state index contributed by atoms with van der Waals surface area (Å²) in [4.78, 5) is 14.0. The number of likely N-dealkylation sites (tertiary alicyclic amines) is 1. The van der Waals surface area contributed by atoms with Crippen LogP contribution in [-0.4, -0.2) is 35.9 Å². The number of hydrogen-bond acceptors (Lipinski definition) is 4. The maximum atomic E-state index is 11.8. The topological polar surface area (TPSA) is 59.0 Å². The number of fused-ring (bicyclic) bond motifs is 2. The maximum absolute atomic E-state index is 11.8. The Morgan fingerprint density at radius 3 is 2.91 bits per heavy atom. The summed E-state index contributed by atoms with van der Waals surface area (Å²) in [7, 11) is 0. The number of ether oxygens (including phenoxy) is 2. The van der Waals surface area contributed by atoms with Crippen LogP contribution in [0.15, 0.2) is 16.6 Å². The highest BCUT2D eigenvalue weighted by Gasteiger charge is 2.54. The molecule has 1 aromatic carbocycles. The molecule has 0 spiro atoms. The quantitative estimate of drug-likeness (QED) is 0.889. The van der Waals surface area contributed by atoms with Crippen LogP contribution in [0, 0.1) is 11.3 Å². The molecule has 118 valence electrons. The molecule has 0 amide bonds. The van der Waals surface area contributed by atoms with Crippen LogP contribution in [-0.2, 0) is 11.3 Å². The molecule has 3 aliphatic rings. The number of rotatable bonds is 3. The second-order valence-corrected chi connectivity index (χ2v) is 7.37. The fourth-order valence-electron chi connectivity index (χ4n) is 4.18. The van der Waals surface area contributed by atoms with Gasteiger partial charge in [0.2, 0.25) is 6.79 Å². The van der Waals surface area contributed by atoms with Crippen molar-refractivity contribution in [3.63, 3.8) is 0 Å². The second-order valence-electron chi connectivity index (χ2n) is 6.52. The zero-order chi connectivity index (χ0) is 15.3. The van der Waals surface area contributed by atoms with Crippen molar-refractivity contribution in [1.82, 2.24) is 4.90 Å². The minimum absolute atomic E-state index is 0.263. The van der Waals surface area contributed by atoms with E-state index in [0.29, 0.717) is 6.54 Å². The first kappa shape index (κ1) is 14.3. The molecule has 2 fully saturated rings. The molecule has 2 heterocycles. The Morgan fingerprint density at radius 2 is 2.18 bits per heavy atom. The van der Waals surface area contributed by atoms with Gasteiger partial charge in [0.15, 0.2) is 11.5 Å². The summed E-state index contributed by atoms with van der Waals surface area (Å²) >= 11 is 3.58. The standard InChI is InChI=1S/C16H18BrNO4/c17-12-5-14-13(21-9-22-14)4-10(12)6-18-7-11-2-1-3-16(11,8-18)15(19)20/h4-5,11H,1-3,6-9H2,(H,19,20)/t11-,16+/m0/s1. The summed E-state index contributed by atoms with van der Waals surface area (Å²) < 4.78 is 11.8. The predicted molar refractivity (Wildman–Crippen MR) is 83.0 cm³/mol. The number of nitrogens with zero attached hydrogens (tertiary/aromatic N) is 1. The van der Waals surface area contributed by atoms with Crippen molar-refractivity contribution < 1.29 is 19.4 Å². The summed E-state index contributed by atoms with van der Waals surface area (Å²) in [5.74, 6) is 1.20. The van der Waals surface area contributed by atoms with Gasteiger partial charge in [-0.05, 0) is 36.5 Å². The van der Waals surface area contributed by atoms with Gasteiger partial charge in [0.25, 0.3) is 0 Å². The number of hydrogen-bond donors (Lipinski definition) is 1. The van der Waals surface area contributed by atoms with Gasteiger partial charge in [-0.1, -0.05) is 22.4 Å². The Morgan fingerprint density at radius 1 is 1.41 bits per heavy atom. The molecule has 6 heteroatoms. The number of halogens is 1. The molecule has 1 N–H and O–H groups in total. The molecular weight excluding hydrogens is 350 g/mol. The van der Waals surface area contributed by atoms with Crippen molar-refractivity contribution in [3.8, 4) is 11.5 Å². The molecule has 1 saturated carbocycles. The van der Waals surface area contributed by atoms with E-state index in [1.807, 2.05) is 12.1 Å². The number of aliphatic carboxylic acids is 1. The van der Waals surface area contributed by atoms with E-state index in [1.165, 1.54) is 0 Å². The zero-order valence-electron chi connectivity index (χ0n) is 12.2. The van der Waals surface area contributed by atoms with E-state index in [-0.39, 0.29) is 12.7 Å². The highest BCUT2D eigenvalue weighted by atomic mass is 79.9. The first-order valence-corrected chi connectivity index (χ1v) is 8.41. The van der Waals surface area contributed by atoms with Crippen molar-refractivity contribution in [2.75, 3.05) is 19.9 Å². The molecule has 0 bridgehead atoms. The van der Waals surface area contributed by atoms with Gasteiger partial charge in [-0.25, -0.2) is 0 Å². The summed E-state index contributed by atoms with van der Waals surface area (Å²) in [5.41, 5.74) is 0.591. The van der Waals surface area contributed by atoms with Crippen LogP contribution in [0.5, 0.6) is 11.5 Å².